The molecule has 1 N–H and O–H groups in total. The first-order valence-electron chi connectivity index (χ1n) is 7.70. The molecule has 7 heteroatoms. The van der Waals surface area contributed by atoms with Crippen LogP contribution in [-0.4, -0.2) is 19.9 Å². The number of aromatic nitrogens is 4. The Labute approximate surface area is 154 Å². The van der Waals surface area contributed by atoms with E-state index in [1.165, 1.54) is 6.33 Å². The van der Waals surface area contributed by atoms with Crippen LogP contribution in [0.2, 0.25) is 10.2 Å². The first-order chi connectivity index (χ1) is 12.1. The predicted octanol–water partition coefficient (Wildman–Crippen LogP) is 5.05. The highest BCUT2D eigenvalue weighted by Crippen LogP contribution is 2.31. The molecule has 0 aliphatic carbocycles. The van der Waals surface area contributed by atoms with Gasteiger partial charge in [-0.2, -0.15) is 0 Å². The van der Waals surface area contributed by atoms with E-state index in [0.717, 1.165) is 22.0 Å². The normalized spacial score (nSPS) is 12.4. The molecule has 0 saturated heterocycles. The molecule has 0 aliphatic heterocycles. The van der Waals surface area contributed by atoms with E-state index in [0.29, 0.717) is 21.5 Å². The second-order valence-electron chi connectivity index (χ2n) is 5.64. The van der Waals surface area contributed by atoms with Crippen molar-refractivity contribution in [1.82, 2.24) is 19.9 Å². The van der Waals surface area contributed by atoms with Crippen LogP contribution in [0.5, 0.6) is 0 Å². The first-order valence-corrected chi connectivity index (χ1v) is 8.46. The molecule has 0 spiro atoms. The Bertz CT molecular complexity index is 1080. The largest absolute Gasteiger partial charge is 0.360 e. The molecule has 0 fully saturated rings. The van der Waals surface area contributed by atoms with Gasteiger partial charge in [-0.25, -0.2) is 15.0 Å². The number of hydrogen-bond donors (Lipinski definition) is 1. The maximum absolute atomic E-state index is 6.35. The molecule has 0 bridgehead atoms. The van der Waals surface area contributed by atoms with Gasteiger partial charge in [-0.3, -0.25) is 4.98 Å². The number of halogens is 2. The molecule has 1 unspecified atom stereocenters. The van der Waals surface area contributed by atoms with Crippen molar-refractivity contribution in [2.45, 2.75) is 13.0 Å². The van der Waals surface area contributed by atoms with Crippen molar-refractivity contribution in [1.29, 1.82) is 0 Å². The fourth-order valence-corrected chi connectivity index (χ4v) is 3.37. The van der Waals surface area contributed by atoms with Gasteiger partial charge in [0.05, 0.1) is 22.3 Å². The summed E-state index contributed by atoms with van der Waals surface area (Å²) in [5, 5.41) is 6.02. The van der Waals surface area contributed by atoms with Crippen LogP contribution in [0.15, 0.2) is 48.9 Å². The number of pyridine rings is 2. The third-order valence-corrected chi connectivity index (χ3v) is 4.56. The van der Waals surface area contributed by atoms with Gasteiger partial charge in [0.2, 0.25) is 0 Å². The molecule has 3 heterocycles. The van der Waals surface area contributed by atoms with Crippen LogP contribution in [0.4, 0.5) is 5.82 Å². The van der Waals surface area contributed by atoms with E-state index in [2.05, 4.69) is 25.3 Å². The zero-order chi connectivity index (χ0) is 17.4. The summed E-state index contributed by atoms with van der Waals surface area (Å²) in [7, 11) is 0. The quantitative estimate of drug-likeness (QED) is 0.511. The molecule has 124 valence electrons. The standard InChI is InChI=1S/C18H13Cl2N5/c1-10(24-18-16-13(22-9-23-18)6-3-7-21-16)14-8-11-4-2-5-12(19)15(11)17(20)25-14/h2-10H,1H3,(H,22,23,24). The molecule has 0 saturated carbocycles. The summed E-state index contributed by atoms with van der Waals surface area (Å²) in [5.41, 5.74) is 2.29. The van der Waals surface area contributed by atoms with Gasteiger partial charge in [0, 0.05) is 11.6 Å². The van der Waals surface area contributed by atoms with E-state index in [-0.39, 0.29) is 6.04 Å². The molecule has 1 aromatic carbocycles. The Kier molecular flexibility index (Phi) is 4.11. The highest BCUT2D eigenvalue weighted by atomic mass is 35.5. The molecule has 0 amide bonds. The van der Waals surface area contributed by atoms with Crippen molar-refractivity contribution < 1.29 is 0 Å². The van der Waals surface area contributed by atoms with Gasteiger partial charge in [0.25, 0.3) is 0 Å². The van der Waals surface area contributed by atoms with Gasteiger partial charge < -0.3 is 5.32 Å². The Morgan fingerprint density at radius 1 is 1.04 bits per heavy atom. The second kappa shape index (κ2) is 6.43. The topological polar surface area (TPSA) is 63.6 Å². The molecular weight excluding hydrogens is 357 g/mol. The summed E-state index contributed by atoms with van der Waals surface area (Å²) in [6, 6.07) is 11.3. The lowest BCUT2D eigenvalue weighted by Crippen LogP contribution is -2.11. The van der Waals surface area contributed by atoms with Crippen LogP contribution in [0.1, 0.15) is 18.7 Å². The number of anilines is 1. The van der Waals surface area contributed by atoms with Crippen LogP contribution in [-0.2, 0) is 0 Å². The Morgan fingerprint density at radius 2 is 1.92 bits per heavy atom. The maximum Gasteiger partial charge on any atom is 0.156 e. The Balaban J connectivity index is 1.74. The number of fused-ring (bicyclic) bond motifs is 2. The fourth-order valence-electron chi connectivity index (χ4n) is 2.74. The summed E-state index contributed by atoms with van der Waals surface area (Å²) in [4.78, 5) is 17.4. The highest BCUT2D eigenvalue weighted by molar-refractivity contribution is 6.41. The minimum atomic E-state index is -0.124. The zero-order valence-electron chi connectivity index (χ0n) is 13.2. The molecule has 5 nitrogen and oxygen atoms in total. The summed E-state index contributed by atoms with van der Waals surface area (Å²) in [6.07, 6.45) is 3.23. The second-order valence-corrected chi connectivity index (χ2v) is 6.40. The average molecular weight is 370 g/mol. The van der Waals surface area contributed by atoms with E-state index in [1.54, 1.807) is 12.3 Å². The van der Waals surface area contributed by atoms with Crippen molar-refractivity contribution in [2.75, 3.05) is 5.32 Å². The molecular formula is C18H13Cl2N5. The lowest BCUT2D eigenvalue weighted by molar-refractivity contribution is 0.836. The molecule has 4 aromatic rings. The van der Waals surface area contributed by atoms with E-state index in [9.17, 15) is 0 Å². The van der Waals surface area contributed by atoms with Crippen LogP contribution in [0.3, 0.4) is 0 Å². The van der Waals surface area contributed by atoms with Crippen molar-refractivity contribution >= 4 is 50.8 Å². The first kappa shape index (κ1) is 16.0. The summed E-state index contributed by atoms with van der Waals surface area (Å²) in [6.45, 7) is 1.99. The number of hydrogen-bond acceptors (Lipinski definition) is 5. The molecule has 1 atom stereocenters. The van der Waals surface area contributed by atoms with Crippen LogP contribution >= 0.6 is 23.2 Å². The number of nitrogens with one attached hydrogen (secondary N) is 1. The molecule has 25 heavy (non-hydrogen) atoms. The highest BCUT2D eigenvalue weighted by Gasteiger charge is 2.14. The zero-order valence-corrected chi connectivity index (χ0v) is 14.8. The Hall–Kier alpha value is -2.50. The van der Waals surface area contributed by atoms with Crippen LogP contribution in [0.25, 0.3) is 21.8 Å². The van der Waals surface area contributed by atoms with Gasteiger partial charge in [-0.1, -0.05) is 35.3 Å². The van der Waals surface area contributed by atoms with Gasteiger partial charge >= 0.3 is 0 Å². The summed E-state index contributed by atoms with van der Waals surface area (Å²) in [5.74, 6) is 0.655. The summed E-state index contributed by atoms with van der Waals surface area (Å²) >= 11 is 12.6. The van der Waals surface area contributed by atoms with Gasteiger partial charge in [-0.15, -0.1) is 0 Å². The minimum absolute atomic E-state index is 0.124. The third-order valence-electron chi connectivity index (χ3n) is 3.97. The molecule has 0 radical (unpaired) electrons. The molecule has 4 rings (SSSR count). The third kappa shape index (κ3) is 2.97. The fraction of sp³-hybridized carbons (Fsp3) is 0.111. The SMILES string of the molecule is CC(Nc1ncnc2cccnc12)c1cc2cccc(Cl)c2c(Cl)n1. The average Bonchev–Trinajstić information content (AvgIpc) is 2.62. The van der Waals surface area contributed by atoms with Crippen LogP contribution < -0.4 is 5.32 Å². The monoisotopic (exact) mass is 369 g/mol. The smallest absolute Gasteiger partial charge is 0.156 e. The van der Waals surface area contributed by atoms with Crippen molar-refractivity contribution in [3.8, 4) is 0 Å². The van der Waals surface area contributed by atoms with Crippen molar-refractivity contribution in [3.63, 3.8) is 0 Å². The van der Waals surface area contributed by atoms with Gasteiger partial charge in [0.15, 0.2) is 5.82 Å². The van der Waals surface area contributed by atoms with E-state index in [4.69, 9.17) is 23.2 Å². The van der Waals surface area contributed by atoms with Gasteiger partial charge in [-0.05, 0) is 36.6 Å². The number of nitrogens with zero attached hydrogens (tertiary/aromatic N) is 4. The molecule has 3 aromatic heterocycles. The number of rotatable bonds is 3. The van der Waals surface area contributed by atoms with E-state index in [1.807, 2.05) is 37.3 Å². The molecule has 0 aliphatic rings. The Morgan fingerprint density at radius 3 is 2.80 bits per heavy atom. The minimum Gasteiger partial charge on any atom is -0.360 e. The van der Waals surface area contributed by atoms with Gasteiger partial charge in [0.1, 0.15) is 17.0 Å². The predicted molar refractivity (Wildman–Crippen MR) is 101 cm³/mol. The lowest BCUT2D eigenvalue weighted by Gasteiger charge is -2.16. The van der Waals surface area contributed by atoms with Crippen LogP contribution in [0, 0.1) is 0 Å². The summed E-state index contributed by atoms with van der Waals surface area (Å²) < 4.78 is 0. The van der Waals surface area contributed by atoms with Crippen molar-refractivity contribution in [2.24, 2.45) is 0 Å². The lowest BCUT2D eigenvalue weighted by atomic mass is 10.1. The van der Waals surface area contributed by atoms with E-state index < -0.39 is 0 Å². The van der Waals surface area contributed by atoms with Crippen molar-refractivity contribution in [3.05, 3.63) is 64.8 Å². The van der Waals surface area contributed by atoms with E-state index >= 15 is 0 Å². The maximum atomic E-state index is 6.35. The number of benzene rings is 1.